The molecule has 0 saturated heterocycles. The first-order chi connectivity index (χ1) is 8.10. The fourth-order valence-electron chi connectivity index (χ4n) is 1.40. The van der Waals surface area contributed by atoms with Crippen LogP contribution in [0.15, 0.2) is 33.6 Å². The molecule has 0 bridgehead atoms. The molecule has 0 N–H and O–H groups in total. The van der Waals surface area contributed by atoms with Crippen LogP contribution in [-0.4, -0.2) is 22.0 Å². The van der Waals surface area contributed by atoms with Gasteiger partial charge in [-0.2, -0.15) is 0 Å². The summed E-state index contributed by atoms with van der Waals surface area (Å²) in [5, 5.41) is -0.593. The highest BCUT2D eigenvalue weighted by Gasteiger charge is 2.25. The molecular formula is C12H15BrO3S. The number of hydrogen-bond donors (Lipinski definition) is 0. The summed E-state index contributed by atoms with van der Waals surface area (Å²) in [4.78, 5) is 12.3. The van der Waals surface area contributed by atoms with Crippen LogP contribution < -0.4 is 0 Å². The second kappa shape index (κ2) is 6.91. The predicted molar refractivity (Wildman–Crippen MR) is 71.3 cm³/mol. The lowest BCUT2D eigenvalue weighted by Crippen LogP contribution is -2.27. The minimum absolute atomic E-state index is 0.311. The molecule has 0 aliphatic carbocycles. The maximum absolute atomic E-state index is 12.2. The van der Waals surface area contributed by atoms with Crippen LogP contribution in [0.4, 0.5) is 0 Å². The van der Waals surface area contributed by atoms with Crippen LogP contribution >= 0.6 is 15.9 Å². The molecule has 17 heavy (non-hydrogen) atoms. The molecule has 2 atom stereocenters. The first kappa shape index (κ1) is 14.4. The van der Waals surface area contributed by atoms with Crippen LogP contribution in [0, 0.1) is 0 Å². The summed E-state index contributed by atoms with van der Waals surface area (Å²) >= 11 is 3.32. The van der Waals surface area contributed by atoms with E-state index in [1.807, 2.05) is 13.0 Å². The minimum Gasteiger partial charge on any atom is -0.465 e. The molecular weight excluding hydrogens is 304 g/mol. The fraction of sp³-hybridized carbons (Fsp3) is 0.417. The monoisotopic (exact) mass is 318 g/mol. The van der Waals surface area contributed by atoms with Crippen molar-refractivity contribution in [2.24, 2.45) is 0 Å². The van der Waals surface area contributed by atoms with E-state index in [9.17, 15) is 9.00 Å². The number of esters is 1. The summed E-state index contributed by atoms with van der Waals surface area (Å²) in [6.45, 7) is 3.88. The highest BCUT2D eigenvalue weighted by atomic mass is 79.9. The number of halogens is 1. The van der Waals surface area contributed by atoms with Gasteiger partial charge in [-0.3, -0.25) is 9.00 Å². The lowest BCUT2D eigenvalue weighted by atomic mass is 10.3. The van der Waals surface area contributed by atoms with Crippen molar-refractivity contribution in [3.63, 3.8) is 0 Å². The number of ether oxygens (including phenoxy) is 1. The van der Waals surface area contributed by atoms with E-state index >= 15 is 0 Å². The third kappa shape index (κ3) is 3.92. The second-order valence-corrected chi connectivity index (χ2v) is 5.95. The van der Waals surface area contributed by atoms with Crippen LogP contribution in [0.2, 0.25) is 0 Å². The van der Waals surface area contributed by atoms with Crippen molar-refractivity contribution in [1.29, 1.82) is 0 Å². The molecule has 0 radical (unpaired) electrons. The maximum Gasteiger partial charge on any atom is 0.322 e. The van der Waals surface area contributed by atoms with Crippen molar-refractivity contribution >= 4 is 32.7 Å². The van der Waals surface area contributed by atoms with Gasteiger partial charge in [0.05, 0.1) is 17.4 Å². The van der Waals surface area contributed by atoms with Gasteiger partial charge in [0.25, 0.3) is 0 Å². The first-order valence-corrected chi connectivity index (χ1v) is 7.43. The summed E-state index contributed by atoms with van der Waals surface area (Å²) in [5.41, 5.74) is 0. The van der Waals surface area contributed by atoms with E-state index in [1.54, 1.807) is 25.1 Å². The van der Waals surface area contributed by atoms with Crippen LogP contribution in [0.5, 0.6) is 0 Å². The molecule has 0 aromatic heterocycles. The van der Waals surface area contributed by atoms with E-state index in [4.69, 9.17) is 4.74 Å². The van der Waals surface area contributed by atoms with Crippen molar-refractivity contribution in [3.05, 3.63) is 28.7 Å². The number of carbonyl (C=O) groups is 1. The van der Waals surface area contributed by atoms with Gasteiger partial charge in [-0.15, -0.1) is 0 Å². The average Bonchev–Trinajstić information content (AvgIpc) is 2.30. The standard InChI is InChI=1S/C12H15BrO3S/c1-3-11(12(14)16-4-2)17(15)10-7-5-6-9(13)8-10/h5-8,11H,3-4H2,1-2H3. The van der Waals surface area contributed by atoms with Crippen LogP contribution in [-0.2, 0) is 20.3 Å². The topological polar surface area (TPSA) is 43.4 Å². The van der Waals surface area contributed by atoms with Gasteiger partial charge in [0.2, 0.25) is 0 Å². The van der Waals surface area contributed by atoms with Crippen molar-refractivity contribution in [3.8, 4) is 0 Å². The molecule has 2 unspecified atom stereocenters. The SMILES string of the molecule is CCOC(=O)C(CC)S(=O)c1cccc(Br)c1. The summed E-state index contributed by atoms with van der Waals surface area (Å²) in [5.74, 6) is -0.395. The predicted octanol–water partition coefficient (Wildman–Crippen LogP) is 2.90. The van der Waals surface area contributed by atoms with E-state index in [-0.39, 0.29) is 0 Å². The Morgan fingerprint density at radius 3 is 2.71 bits per heavy atom. The zero-order valence-electron chi connectivity index (χ0n) is 9.81. The van der Waals surface area contributed by atoms with Gasteiger partial charge in [0, 0.05) is 9.37 Å². The normalized spacial score (nSPS) is 14.1. The Morgan fingerprint density at radius 1 is 1.47 bits per heavy atom. The van der Waals surface area contributed by atoms with E-state index in [1.165, 1.54) is 0 Å². The van der Waals surface area contributed by atoms with E-state index in [2.05, 4.69) is 15.9 Å². The largest absolute Gasteiger partial charge is 0.465 e. The third-order valence-corrected chi connectivity index (χ3v) is 4.46. The van der Waals surface area contributed by atoms with Crippen molar-refractivity contribution in [2.75, 3.05) is 6.61 Å². The molecule has 0 spiro atoms. The molecule has 3 nitrogen and oxygen atoms in total. The van der Waals surface area contributed by atoms with E-state index in [0.29, 0.717) is 17.9 Å². The molecule has 1 aromatic rings. The zero-order valence-corrected chi connectivity index (χ0v) is 12.2. The number of benzene rings is 1. The Kier molecular flexibility index (Phi) is 5.85. The van der Waals surface area contributed by atoms with Gasteiger partial charge in [-0.1, -0.05) is 28.9 Å². The number of rotatable bonds is 5. The molecule has 0 saturated carbocycles. The number of hydrogen-bond acceptors (Lipinski definition) is 3. The zero-order chi connectivity index (χ0) is 12.8. The van der Waals surface area contributed by atoms with E-state index in [0.717, 1.165) is 4.47 Å². The molecule has 0 amide bonds. The summed E-state index contributed by atoms with van der Waals surface area (Å²) in [6.07, 6.45) is 0.498. The van der Waals surface area contributed by atoms with Gasteiger partial charge < -0.3 is 4.74 Å². The molecule has 0 aliphatic heterocycles. The van der Waals surface area contributed by atoms with Crippen molar-refractivity contribution < 1.29 is 13.7 Å². The van der Waals surface area contributed by atoms with Gasteiger partial charge in [-0.05, 0) is 31.5 Å². The van der Waals surface area contributed by atoms with Crippen LogP contribution in [0.3, 0.4) is 0 Å². The second-order valence-electron chi connectivity index (χ2n) is 3.40. The Morgan fingerprint density at radius 2 is 2.18 bits per heavy atom. The van der Waals surface area contributed by atoms with Gasteiger partial charge in [0.15, 0.2) is 0 Å². The first-order valence-electron chi connectivity index (χ1n) is 5.42. The lowest BCUT2D eigenvalue weighted by molar-refractivity contribution is -0.142. The molecule has 5 heteroatoms. The third-order valence-electron chi connectivity index (χ3n) is 2.21. The number of carbonyl (C=O) groups excluding carboxylic acids is 1. The van der Waals surface area contributed by atoms with Gasteiger partial charge in [-0.25, -0.2) is 0 Å². The van der Waals surface area contributed by atoms with Crippen molar-refractivity contribution in [2.45, 2.75) is 30.4 Å². The van der Waals surface area contributed by atoms with Crippen molar-refractivity contribution in [1.82, 2.24) is 0 Å². The Balaban J connectivity index is 2.90. The minimum atomic E-state index is -1.37. The Hall–Kier alpha value is -0.680. The molecule has 0 fully saturated rings. The van der Waals surface area contributed by atoms with Gasteiger partial charge >= 0.3 is 5.97 Å². The molecule has 94 valence electrons. The van der Waals surface area contributed by atoms with Crippen LogP contribution in [0.25, 0.3) is 0 Å². The smallest absolute Gasteiger partial charge is 0.322 e. The average molecular weight is 319 g/mol. The highest BCUT2D eigenvalue weighted by Crippen LogP contribution is 2.19. The van der Waals surface area contributed by atoms with E-state index < -0.39 is 22.0 Å². The van der Waals surface area contributed by atoms with Crippen LogP contribution in [0.1, 0.15) is 20.3 Å². The maximum atomic E-state index is 12.2. The Labute approximate surface area is 112 Å². The quantitative estimate of drug-likeness (QED) is 0.784. The molecule has 1 aromatic carbocycles. The fourth-order valence-corrected chi connectivity index (χ4v) is 3.28. The summed E-state index contributed by atoms with van der Waals surface area (Å²) < 4.78 is 18.0. The molecule has 0 aliphatic rings. The molecule has 0 heterocycles. The Bertz CT molecular complexity index is 420. The van der Waals surface area contributed by atoms with Gasteiger partial charge in [0.1, 0.15) is 5.25 Å². The summed E-state index contributed by atoms with van der Waals surface area (Å²) in [7, 11) is -1.37. The summed E-state index contributed by atoms with van der Waals surface area (Å²) in [6, 6.07) is 7.17. The molecule has 1 rings (SSSR count). The highest BCUT2D eigenvalue weighted by molar-refractivity contribution is 9.10. The lowest BCUT2D eigenvalue weighted by Gasteiger charge is -2.13.